The Morgan fingerprint density at radius 3 is 2.22 bits per heavy atom. The standard InChI is InChI=1S/C25H21ClN6/c26-20-11-5-7-13-22(20)30-14-16-31(17-15-30)24-19-10-4-6-12-21(19)32-25(27-24)23(28-29-32)18-8-2-1-3-9-18/h1-13H,14-17H2. The molecule has 2 aromatic heterocycles. The molecule has 0 N–H and O–H groups in total. The molecule has 0 radical (unpaired) electrons. The van der Waals surface area contributed by atoms with Gasteiger partial charge in [0.25, 0.3) is 0 Å². The maximum atomic E-state index is 6.43. The van der Waals surface area contributed by atoms with Gasteiger partial charge in [0.2, 0.25) is 0 Å². The molecular weight excluding hydrogens is 420 g/mol. The maximum absolute atomic E-state index is 6.43. The normalized spacial score (nSPS) is 14.4. The molecule has 0 atom stereocenters. The molecule has 1 saturated heterocycles. The van der Waals surface area contributed by atoms with E-state index in [2.05, 4.69) is 38.3 Å². The quantitative estimate of drug-likeness (QED) is 0.398. The van der Waals surface area contributed by atoms with Crippen molar-refractivity contribution in [3.05, 3.63) is 83.9 Å². The maximum Gasteiger partial charge on any atom is 0.186 e. The molecule has 6 nitrogen and oxygen atoms in total. The number of hydrogen-bond acceptors (Lipinski definition) is 5. The van der Waals surface area contributed by atoms with Crippen LogP contribution in [-0.2, 0) is 0 Å². The summed E-state index contributed by atoms with van der Waals surface area (Å²) in [6.45, 7) is 3.49. The first-order chi connectivity index (χ1) is 15.8. The first kappa shape index (κ1) is 19.1. The lowest BCUT2D eigenvalue weighted by Crippen LogP contribution is -2.47. The zero-order valence-electron chi connectivity index (χ0n) is 17.4. The zero-order chi connectivity index (χ0) is 21.5. The Labute approximate surface area is 190 Å². The highest BCUT2D eigenvalue weighted by Gasteiger charge is 2.23. The Bertz CT molecular complexity index is 1410. The smallest absolute Gasteiger partial charge is 0.186 e. The molecule has 6 rings (SSSR count). The first-order valence-corrected chi connectivity index (χ1v) is 11.1. The number of halogens is 1. The van der Waals surface area contributed by atoms with E-state index in [1.807, 2.05) is 65.2 Å². The van der Waals surface area contributed by atoms with Crippen molar-refractivity contribution in [2.45, 2.75) is 0 Å². The van der Waals surface area contributed by atoms with Crippen LogP contribution < -0.4 is 9.80 Å². The van der Waals surface area contributed by atoms with Crippen LogP contribution in [0.4, 0.5) is 11.5 Å². The number of hydrogen-bond donors (Lipinski definition) is 0. The second-order valence-electron chi connectivity index (χ2n) is 7.92. The van der Waals surface area contributed by atoms with Crippen LogP contribution in [0, 0.1) is 0 Å². The summed E-state index contributed by atoms with van der Waals surface area (Å²) < 4.78 is 1.85. The number of rotatable bonds is 3. The van der Waals surface area contributed by atoms with Crippen molar-refractivity contribution in [1.29, 1.82) is 0 Å². The Kier molecular flexibility index (Phi) is 4.65. The van der Waals surface area contributed by atoms with Crippen LogP contribution in [0.5, 0.6) is 0 Å². The van der Waals surface area contributed by atoms with E-state index in [9.17, 15) is 0 Å². The van der Waals surface area contributed by atoms with Gasteiger partial charge in [0.15, 0.2) is 5.65 Å². The molecule has 1 aliphatic rings. The van der Waals surface area contributed by atoms with Crippen LogP contribution in [0.2, 0.25) is 5.02 Å². The first-order valence-electron chi connectivity index (χ1n) is 10.7. The predicted molar refractivity (Wildman–Crippen MR) is 130 cm³/mol. The van der Waals surface area contributed by atoms with Gasteiger partial charge in [-0.25, -0.2) is 4.98 Å². The zero-order valence-corrected chi connectivity index (χ0v) is 18.2. The van der Waals surface area contributed by atoms with Crippen molar-refractivity contribution in [2.24, 2.45) is 0 Å². The van der Waals surface area contributed by atoms with Gasteiger partial charge >= 0.3 is 0 Å². The number of piperazine rings is 1. The lowest BCUT2D eigenvalue weighted by Gasteiger charge is -2.37. The van der Waals surface area contributed by atoms with Gasteiger partial charge in [-0.05, 0) is 24.3 Å². The topological polar surface area (TPSA) is 49.6 Å². The van der Waals surface area contributed by atoms with Gasteiger partial charge in [0.1, 0.15) is 11.5 Å². The molecule has 0 spiro atoms. The molecular formula is C25H21ClN6. The number of benzene rings is 3. The van der Waals surface area contributed by atoms with E-state index in [-0.39, 0.29) is 0 Å². The SMILES string of the molecule is Clc1ccccc1N1CCN(c2nc3c(-c4ccccc4)nnn3c3ccccc23)CC1. The summed E-state index contributed by atoms with van der Waals surface area (Å²) in [6, 6.07) is 26.4. The van der Waals surface area contributed by atoms with E-state index in [0.29, 0.717) is 0 Å². The lowest BCUT2D eigenvalue weighted by atomic mass is 10.1. The van der Waals surface area contributed by atoms with Gasteiger partial charge in [-0.3, -0.25) is 0 Å². The monoisotopic (exact) mass is 440 g/mol. The molecule has 0 saturated carbocycles. The molecule has 1 aliphatic heterocycles. The molecule has 3 heterocycles. The van der Waals surface area contributed by atoms with Crippen LogP contribution in [0.1, 0.15) is 0 Å². The molecule has 0 unspecified atom stereocenters. The van der Waals surface area contributed by atoms with E-state index < -0.39 is 0 Å². The average molecular weight is 441 g/mol. The summed E-state index contributed by atoms with van der Waals surface area (Å²) in [5.41, 5.74) is 4.69. The Morgan fingerprint density at radius 2 is 1.41 bits per heavy atom. The average Bonchev–Trinajstić information content (AvgIpc) is 3.29. The predicted octanol–water partition coefficient (Wildman–Crippen LogP) is 4.92. The van der Waals surface area contributed by atoms with Gasteiger partial charge in [0, 0.05) is 37.1 Å². The van der Waals surface area contributed by atoms with Crippen LogP contribution in [0.25, 0.3) is 27.8 Å². The number of fused-ring (bicyclic) bond motifs is 3. The number of para-hydroxylation sites is 2. The van der Waals surface area contributed by atoms with Crippen molar-refractivity contribution in [2.75, 3.05) is 36.0 Å². The Hall–Kier alpha value is -3.64. The fourth-order valence-corrected chi connectivity index (χ4v) is 4.69. The molecule has 0 amide bonds. The van der Waals surface area contributed by atoms with E-state index in [1.54, 1.807) is 0 Å². The van der Waals surface area contributed by atoms with Crippen molar-refractivity contribution in [3.63, 3.8) is 0 Å². The van der Waals surface area contributed by atoms with Crippen LogP contribution in [-0.4, -0.2) is 46.0 Å². The summed E-state index contributed by atoms with van der Waals surface area (Å²) in [6.07, 6.45) is 0. The fraction of sp³-hybridized carbons (Fsp3) is 0.160. The van der Waals surface area contributed by atoms with E-state index in [0.717, 1.165) is 70.5 Å². The third-order valence-electron chi connectivity index (χ3n) is 6.05. The second kappa shape index (κ2) is 7.80. The van der Waals surface area contributed by atoms with Gasteiger partial charge in [-0.1, -0.05) is 71.4 Å². The fourth-order valence-electron chi connectivity index (χ4n) is 4.44. The minimum atomic E-state index is 0.776. The largest absolute Gasteiger partial charge is 0.367 e. The van der Waals surface area contributed by atoms with E-state index in [1.165, 1.54) is 0 Å². The third kappa shape index (κ3) is 3.15. The molecule has 158 valence electrons. The van der Waals surface area contributed by atoms with Gasteiger partial charge < -0.3 is 9.80 Å². The minimum Gasteiger partial charge on any atom is -0.367 e. The van der Waals surface area contributed by atoms with Crippen LogP contribution in [0.15, 0.2) is 78.9 Å². The molecule has 0 aliphatic carbocycles. The summed E-state index contributed by atoms with van der Waals surface area (Å²) in [4.78, 5) is 9.80. The van der Waals surface area contributed by atoms with Crippen molar-refractivity contribution in [3.8, 4) is 11.3 Å². The summed E-state index contributed by atoms with van der Waals surface area (Å²) >= 11 is 6.43. The second-order valence-corrected chi connectivity index (χ2v) is 8.32. The van der Waals surface area contributed by atoms with Crippen LogP contribution >= 0.6 is 11.6 Å². The van der Waals surface area contributed by atoms with Crippen molar-refractivity contribution >= 4 is 39.7 Å². The summed E-state index contributed by atoms with van der Waals surface area (Å²) in [7, 11) is 0. The van der Waals surface area contributed by atoms with E-state index in [4.69, 9.17) is 16.6 Å². The molecule has 3 aromatic carbocycles. The molecule has 7 heteroatoms. The summed E-state index contributed by atoms with van der Waals surface area (Å²) in [5.74, 6) is 0.978. The minimum absolute atomic E-state index is 0.776. The van der Waals surface area contributed by atoms with Gasteiger partial charge in [-0.2, -0.15) is 4.52 Å². The molecule has 0 bridgehead atoms. The molecule has 5 aromatic rings. The Morgan fingerprint density at radius 1 is 0.719 bits per heavy atom. The number of anilines is 2. The van der Waals surface area contributed by atoms with Crippen LogP contribution in [0.3, 0.4) is 0 Å². The number of nitrogens with zero attached hydrogens (tertiary/aromatic N) is 6. The van der Waals surface area contributed by atoms with Gasteiger partial charge in [-0.15, -0.1) is 5.10 Å². The third-order valence-corrected chi connectivity index (χ3v) is 6.37. The highest BCUT2D eigenvalue weighted by molar-refractivity contribution is 6.33. The van der Waals surface area contributed by atoms with Crippen molar-refractivity contribution < 1.29 is 0 Å². The van der Waals surface area contributed by atoms with E-state index >= 15 is 0 Å². The van der Waals surface area contributed by atoms with Gasteiger partial charge in [0.05, 0.1) is 16.2 Å². The Balaban J connectivity index is 1.41. The van der Waals surface area contributed by atoms with Crippen molar-refractivity contribution in [1.82, 2.24) is 19.8 Å². The molecule has 32 heavy (non-hydrogen) atoms. The highest BCUT2D eigenvalue weighted by Crippen LogP contribution is 2.32. The number of aromatic nitrogens is 4. The highest BCUT2D eigenvalue weighted by atomic mass is 35.5. The molecule has 1 fully saturated rings. The summed E-state index contributed by atoms with van der Waals surface area (Å²) in [5, 5.41) is 10.8. The lowest BCUT2D eigenvalue weighted by molar-refractivity contribution is 0.649.